The number of rotatable bonds is 2. The molecule has 33 heavy (non-hydrogen) atoms. The van der Waals surface area contributed by atoms with Crippen molar-refractivity contribution in [2.75, 3.05) is 0 Å². The first-order chi connectivity index (χ1) is 16.1. The van der Waals surface area contributed by atoms with E-state index in [1.54, 1.807) is 5.57 Å². The zero-order valence-corrected chi connectivity index (χ0v) is 19.5. The zero-order chi connectivity index (χ0) is 22.2. The maximum atomic E-state index is 4.70. The molecule has 1 aromatic carbocycles. The van der Waals surface area contributed by atoms with Gasteiger partial charge in [0.05, 0.1) is 11.0 Å². The molecular formula is C27H32N6. The first-order valence-corrected chi connectivity index (χ1v) is 12.6. The molecule has 2 saturated carbocycles. The van der Waals surface area contributed by atoms with Gasteiger partial charge in [-0.15, -0.1) is 5.10 Å². The van der Waals surface area contributed by atoms with Gasteiger partial charge in [0.15, 0.2) is 5.82 Å². The number of hydrogen-bond acceptors (Lipinski definition) is 4. The second-order valence-electron chi connectivity index (χ2n) is 11.4. The predicted molar refractivity (Wildman–Crippen MR) is 128 cm³/mol. The number of allylic oxidation sites excluding steroid dienone is 4. The van der Waals surface area contributed by atoms with Crippen molar-refractivity contribution in [3.05, 3.63) is 54.1 Å². The van der Waals surface area contributed by atoms with Gasteiger partial charge in [0.25, 0.3) is 0 Å². The summed E-state index contributed by atoms with van der Waals surface area (Å²) in [7, 11) is 0. The zero-order valence-electron chi connectivity index (χ0n) is 19.5. The van der Waals surface area contributed by atoms with Crippen molar-refractivity contribution in [2.45, 2.75) is 64.7 Å². The van der Waals surface area contributed by atoms with Gasteiger partial charge < -0.3 is 4.57 Å². The second kappa shape index (κ2) is 6.87. The lowest BCUT2D eigenvalue weighted by Crippen LogP contribution is -2.49. The second-order valence-corrected chi connectivity index (χ2v) is 11.4. The number of aromatic nitrogens is 6. The molecule has 2 heterocycles. The van der Waals surface area contributed by atoms with Crippen molar-refractivity contribution < 1.29 is 0 Å². The molecule has 3 aromatic rings. The number of H-pyrrole nitrogens is 1. The minimum Gasteiger partial charge on any atom is -0.302 e. The standard InChI is InChI=1S/C27H32N6/c1-26-13-11-17(25-29-31-32-30-25)15-18(26)7-8-19-20-9-10-24(27(20,2)14-12-21(19)26)33-16-28-22-5-3-4-6-23(22)33/h3-7,10,16-17,19-21H,8-9,11-15H2,1-2H3,(H,29,30,31,32)/t17-,19-,20-,21-,26-,27-/m0/s1. The largest absolute Gasteiger partial charge is 0.302 e. The predicted octanol–water partition coefficient (Wildman–Crippen LogP) is 5.75. The number of aromatic amines is 1. The SMILES string of the molecule is C[C@]12CC[C@H](c3nnn[nH]3)CC1=CC[C@@H]1[C@@H]2CC[C@]2(C)C(n3cnc4ccccc43)=CC[C@@H]12. The number of hydrogen-bond donors (Lipinski definition) is 1. The number of tetrazole rings is 1. The van der Waals surface area contributed by atoms with Crippen molar-refractivity contribution in [2.24, 2.45) is 28.6 Å². The molecule has 6 atom stereocenters. The van der Waals surface area contributed by atoms with Gasteiger partial charge in [-0.3, -0.25) is 0 Å². The van der Waals surface area contributed by atoms with Crippen LogP contribution in [0.1, 0.15) is 70.5 Å². The van der Waals surface area contributed by atoms with E-state index in [2.05, 4.69) is 81.8 Å². The lowest BCUT2D eigenvalue weighted by molar-refractivity contribution is -0.0131. The first-order valence-electron chi connectivity index (χ1n) is 12.6. The molecule has 1 N–H and O–H groups in total. The lowest BCUT2D eigenvalue weighted by atomic mass is 9.47. The highest BCUT2D eigenvalue weighted by molar-refractivity contribution is 5.80. The van der Waals surface area contributed by atoms with Crippen LogP contribution in [0.15, 0.2) is 48.3 Å². The summed E-state index contributed by atoms with van der Waals surface area (Å²) < 4.78 is 2.39. The maximum absolute atomic E-state index is 4.70. The smallest absolute Gasteiger partial charge is 0.151 e. The highest BCUT2D eigenvalue weighted by Gasteiger charge is 2.57. The van der Waals surface area contributed by atoms with Gasteiger partial charge >= 0.3 is 0 Å². The van der Waals surface area contributed by atoms with Gasteiger partial charge in [-0.2, -0.15) is 0 Å². The summed E-state index contributed by atoms with van der Waals surface area (Å²) in [6, 6.07) is 8.55. The monoisotopic (exact) mass is 440 g/mol. The van der Waals surface area contributed by atoms with Crippen molar-refractivity contribution in [3.8, 4) is 0 Å². The first kappa shape index (κ1) is 19.7. The molecule has 0 aliphatic heterocycles. The Morgan fingerprint density at radius 1 is 1.00 bits per heavy atom. The minimum atomic E-state index is 0.231. The number of imidazole rings is 1. The van der Waals surface area contributed by atoms with Crippen LogP contribution in [0.2, 0.25) is 0 Å². The van der Waals surface area contributed by atoms with Crippen LogP contribution in [0, 0.1) is 28.6 Å². The van der Waals surface area contributed by atoms with Crippen LogP contribution >= 0.6 is 0 Å². The summed E-state index contributed by atoms with van der Waals surface area (Å²) in [5.74, 6) is 3.69. The van der Waals surface area contributed by atoms with Crippen LogP contribution in [-0.2, 0) is 0 Å². The molecule has 0 radical (unpaired) electrons. The number of nitrogens with zero attached hydrogens (tertiary/aromatic N) is 5. The molecule has 170 valence electrons. The third-order valence-corrected chi connectivity index (χ3v) is 10.1. The Morgan fingerprint density at radius 2 is 1.88 bits per heavy atom. The fraction of sp³-hybridized carbons (Fsp3) is 0.556. The van der Waals surface area contributed by atoms with E-state index in [9.17, 15) is 0 Å². The molecule has 6 nitrogen and oxygen atoms in total. The van der Waals surface area contributed by atoms with Crippen molar-refractivity contribution in [3.63, 3.8) is 0 Å². The van der Waals surface area contributed by atoms with E-state index >= 15 is 0 Å². The average molecular weight is 441 g/mol. The molecule has 0 spiro atoms. The Labute approximate surface area is 194 Å². The summed E-state index contributed by atoms with van der Waals surface area (Å²) in [6.45, 7) is 5.11. The summed E-state index contributed by atoms with van der Waals surface area (Å²) in [5.41, 5.74) is 6.06. The number of benzene rings is 1. The number of para-hydroxylation sites is 2. The van der Waals surface area contributed by atoms with Crippen molar-refractivity contribution in [1.82, 2.24) is 30.2 Å². The van der Waals surface area contributed by atoms with Gasteiger partial charge in [-0.25, -0.2) is 10.1 Å². The Kier molecular flexibility index (Phi) is 4.10. The van der Waals surface area contributed by atoms with Crippen LogP contribution in [-0.4, -0.2) is 30.2 Å². The van der Waals surface area contributed by atoms with E-state index < -0.39 is 0 Å². The Bertz CT molecular complexity index is 1270. The molecule has 0 saturated heterocycles. The molecule has 2 aromatic heterocycles. The highest BCUT2D eigenvalue weighted by Crippen LogP contribution is 2.66. The third kappa shape index (κ3) is 2.66. The molecule has 0 unspecified atom stereocenters. The lowest BCUT2D eigenvalue weighted by Gasteiger charge is -2.57. The van der Waals surface area contributed by atoms with E-state index in [0.717, 1.165) is 35.5 Å². The quantitative estimate of drug-likeness (QED) is 0.515. The molecule has 6 heteroatoms. The van der Waals surface area contributed by atoms with Gasteiger partial charge in [0, 0.05) is 17.0 Å². The Hall–Kier alpha value is -2.76. The van der Waals surface area contributed by atoms with Crippen LogP contribution in [0.25, 0.3) is 16.7 Å². The topological polar surface area (TPSA) is 72.3 Å². The third-order valence-electron chi connectivity index (χ3n) is 10.1. The average Bonchev–Trinajstić information content (AvgIpc) is 3.57. The van der Waals surface area contributed by atoms with Crippen LogP contribution in [0.4, 0.5) is 0 Å². The Morgan fingerprint density at radius 3 is 2.76 bits per heavy atom. The molecule has 0 bridgehead atoms. The van der Waals surface area contributed by atoms with Crippen molar-refractivity contribution in [1.29, 1.82) is 0 Å². The van der Waals surface area contributed by atoms with E-state index in [4.69, 9.17) is 4.98 Å². The minimum absolute atomic E-state index is 0.231. The fourth-order valence-electron chi connectivity index (χ4n) is 8.30. The van der Waals surface area contributed by atoms with E-state index in [-0.39, 0.29) is 5.41 Å². The summed E-state index contributed by atoms with van der Waals surface area (Å²) in [5, 5.41) is 14.9. The number of nitrogens with one attached hydrogen (secondary N) is 1. The summed E-state index contributed by atoms with van der Waals surface area (Å²) in [4.78, 5) is 4.70. The van der Waals surface area contributed by atoms with Crippen LogP contribution < -0.4 is 0 Å². The molecule has 4 aliphatic carbocycles. The van der Waals surface area contributed by atoms with E-state index in [1.807, 2.05) is 0 Å². The van der Waals surface area contributed by atoms with Crippen LogP contribution in [0.5, 0.6) is 0 Å². The van der Waals surface area contributed by atoms with Gasteiger partial charge in [-0.05, 0) is 90.7 Å². The molecule has 0 amide bonds. The molecule has 4 aliphatic rings. The highest BCUT2D eigenvalue weighted by atomic mass is 15.5. The fourth-order valence-corrected chi connectivity index (χ4v) is 8.30. The molecule has 7 rings (SSSR count). The summed E-state index contributed by atoms with van der Waals surface area (Å²) >= 11 is 0. The maximum Gasteiger partial charge on any atom is 0.151 e. The van der Waals surface area contributed by atoms with E-state index in [1.165, 1.54) is 49.7 Å². The van der Waals surface area contributed by atoms with Gasteiger partial charge in [0.2, 0.25) is 0 Å². The van der Waals surface area contributed by atoms with E-state index in [0.29, 0.717) is 11.3 Å². The van der Waals surface area contributed by atoms with Crippen LogP contribution in [0.3, 0.4) is 0 Å². The normalized spacial score (nSPS) is 37.8. The van der Waals surface area contributed by atoms with Gasteiger partial charge in [0.1, 0.15) is 6.33 Å². The number of fused-ring (bicyclic) bond motifs is 6. The van der Waals surface area contributed by atoms with Gasteiger partial charge in [-0.1, -0.05) is 43.7 Å². The van der Waals surface area contributed by atoms with Crippen molar-refractivity contribution >= 4 is 16.7 Å². The Balaban J connectivity index is 1.20. The molecular weight excluding hydrogens is 408 g/mol. The molecule has 2 fully saturated rings. The summed E-state index contributed by atoms with van der Waals surface area (Å²) in [6.07, 6.45) is 15.8.